The Balaban J connectivity index is 1.95. The lowest BCUT2D eigenvalue weighted by Crippen LogP contribution is -2.40. The van der Waals surface area contributed by atoms with Crippen LogP contribution < -0.4 is 0 Å². The van der Waals surface area contributed by atoms with Crippen LogP contribution in [0.2, 0.25) is 0 Å². The second-order valence-corrected chi connectivity index (χ2v) is 6.84. The highest BCUT2D eigenvalue weighted by atomic mass is 16.6. The minimum absolute atomic E-state index is 0.273. The van der Waals surface area contributed by atoms with Gasteiger partial charge in [-0.25, -0.2) is 4.79 Å². The topological polar surface area (TPSA) is 69.5 Å². The average molecular weight is 310 g/mol. The summed E-state index contributed by atoms with van der Waals surface area (Å²) >= 11 is 0. The van der Waals surface area contributed by atoms with Gasteiger partial charge in [-0.05, 0) is 33.6 Å². The molecule has 1 aliphatic rings. The zero-order chi connectivity index (χ0) is 16.4. The number of ether oxygens (including phenoxy) is 2. The third-order valence-electron chi connectivity index (χ3n) is 3.92. The van der Waals surface area contributed by atoms with Crippen LogP contribution in [0.1, 0.15) is 46.4 Å². The van der Waals surface area contributed by atoms with Gasteiger partial charge in [0.1, 0.15) is 18.5 Å². The zero-order valence-electron chi connectivity index (χ0n) is 14.1. The van der Waals surface area contributed by atoms with Gasteiger partial charge < -0.3 is 18.9 Å². The van der Waals surface area contributed by atoms with Gasteiger partial charge in [-0.2, -0.15) is 0 Å². The number of nitrogens with zero attached hydrogens (tertiary/aromatic N) is 4. The fraction of sp³-hybridized carbons (Fsp3) is 0.800. The van der Waals surface area contributed by atoms with Crippen LogP contribution in [0.15, 0.2) is 6.33 Å². The summed E-state index contributed by atoms with van der Waals surface area (Å²) in [7, 11) is 1.89. The van der Waals surface area contributed by atoms with E-state index in [1.165, 1.54) is 0 Å². The monoisotopic (exact) mass is 310 g/mol. The van der Waals surface area contributed by atoms with Gasteiger partial charge in [-0.15, -0.1) is 10.2 Å². The highest BCUT2D eigenvalue weighted by molar-refractivity contribution is 5.68. The van der Waals surface area contributed by atoms with Crippen LogP contribution in [-0.4, -0.2) is 50.0 Å². The van der Waals surface area contributed by atoms with E-state index in [9.17, 15) is 4.79 Å². The molecule has 0 radical (unpaired) electrons. The normalized spacial score (nSPS) is 22.1. The molecule has 1 atom stereocenters. The third-order valence-corrected chi connectivity index (χ3v) is 3.92. The molecular weight excluding hydrogens is 284 g/mol. The number of carbonyl (C=O) groups excluding carboxylic acids is 1. The second kappa shape index (κ2) is 6.24. The van der Waals surface area contributed by atoms with E-state index in [0.29, 0.717) is 19.7 Å². The summed E-state index contributed by atoms with van der Waals surface area (Å²) in [6.45, 7) is 9.30. The van der Waals surface area contributed by atoms with Gasteiger partial charge in [0.2, 0.25) is 0 Å². The summed E-state index contributed by atoms with van der Waals surface area (Å²) in [6.07, 6.45) is 3.02. The smallest absolute Gasteiger partial charge is 0.410 e. The number of amides is 1. The van der Waals surface area contributed by atoms with Crippen molar-refractivity contribution in [2.24, 2.45) is 7.05 Å². The first-order valence-electron chi connectivity index (χ1n) is 7.69. The van der Waals surface area contributed by atoms with Crippen molar-refractivity contribution < 1.29 is 14.3 Å². The summed E-state index contributed by atoms with van der Waals surface area (Å²) in [6, 6.07) is 0. The van der Waals surface area contributed by atoms with E-state index in [2.05, 4.69) is 17.1 Å². The van der Waals surface area contributed by atoms with Gasteiger partial charge in [-0.1, -0.05) is 6.92 Å². The quantitative estimate of drug-likeness (QED) is 0.852. The van der Waals surface area contributed by atoms with Crippen LogP contribution in [0.5, 0.6) is 0 Å². The summed E-state index contributed by atoms with van der Waals surface area (Å²) in [5, 5.41) is 7.87. The Labute approximate surface area is 131 Å². The highest BCUT2D eigenvalue weighted by Gasteiger charge is 2.41. The van der Waals surface area contributed by atoms with E-state index in [4.69, 9.17) is 9.47 Å². The van der Waals surface area contributed by atoms with Gasteiger partial charge in [0.25, 0.3) is 0 Å². The predicted molar refractivity (Wildman–Crippen MR) is 81.2 cm³/mol. The number of aromatic nitrogens is 3. The minimum Gasteiger partial charge on any atom is -0.444 e. The Morgan fingerprint density at radius 1 is 1.45 bits per heavy atom. The fourth-order valence-corrected chi connectivity index (χ4v) is 2.49. The lowest BCUT2D eigenvalue weighted by Gasteiger charge is -2.29. The number of aryl methyl sites for hydroxylation is 1. The minimum atomic E-state index is -0.478. The molecule has 2 heterocycles. The molecular formula is C15H26N4O3. The molecule has 7 nitrogen and oxygen atoms in total. The Kier molecular flexibility index (Phi) is 4.75. The molecule has 1 amide bonds. The van der Waals surface area contributed by atoms with E-state index in [-0.39, 0.29) is 11.7 Å². The molecule has 1 unspecified atom stereocenters. The molecule has 124 valence electrons. The molecule has 1 fully saturated rings. The van der Waals surface area contributed by atoms with E-state index in [1.807, 2.05) is 32.4 Å². The predicted octanol–water partition coefficient (Wildman–Crippen LogP) is 2.12. The summed E-state index contributed by atoms with van der Waals surface area (Å²) < 4.78 is 13.4. The largest absolute Gasteiger partial charge is 0.444 e. The van der Waals surface area contributed by atoms with E-state index >= 15 is 0 Å². The first-order valence-corrected chi connectivity index (χ1v) is 7.69. The fourth-order valence-electron chi connectivity index (χ4n) is 2.49. The Hall–Kier alpha value is -1.63. The molecule has 1 saturated heterocycles. The van der Waals surface area contributed by atoms with Crippen LogP contribution in [0.4, 0.5) is 4.79 Å². The van der Waals surface area contributed by atoms with Crippen molar-refractivity contribution in [1.82, 2.24) is 19.7 Å². The van der Waals surface area contributed by atoms with Gasteiger partial charge in [0, 0.05) is 13.6 Å². The molecule has 1 aromatic rings. The lowest BCUT2D eigenvalue weighted by atomic mass is 10.00. The molecule has 0 saturated carbocycles. The van der Waals surface area contributed by atoms with Gasteiger partial charge in [-0.3, -0.25) is 0 Å². The van der Waals surface area contributed by atoms with Crippen LogP contribution >= 0.6 is 0 Å². The molecule has 0 spiro atoms. The van der Waals surface area contributed by atoms with Crippen LogP contribution in [0.25, 0.3) is 0 Å². The van der Waals surface area contributed by atoms with Crippen molar-refractivity contribution in [3.05, 3.63) is 12.2 Å². The average Bonchev–Trinajstić information content (AvgIpc) is 3.02. The van der Waals surface area contributed by atoms with Gasteiger partial charge >= 0.3 is 6.09 Å². The number of hydrogen-bond donors (Lipinski definition) is 0. The maximum atomic E-state index is 12.2. The van der Waals surface area contributed by atoms with Crippen molar-refractivity contribution in [3.63, 3.8) is 0 Å². The van der Waals surface area contributed by atoms with Crippen molar-refractivity contribution in [2.75, 3.05) is 13.1 Å². The van der Waals surface area contributed by atoms with Crippen molar-refractivity contribution in [3.8, 4) is 0 Å². The SMILES string of the molecule is CCC1(OCc2nncn2C)CCN(C(=O)OC(C)(C)C)C1. The molecule has 7 heteroatoms. The lowest BCUT2D eigenvalue weighted by molar-refractivity contribution is -0.0559. The number of rotatable bonds is 4. The van der Waals surface area contributed by atoms with Crippen molar-refractivity contribution >= 4 is 6.09 Å². The molecule has 0 bridgehead atoms. The Morgan fingerprint density at radius 3 is 2.73 bits per heavy atom. The first-order chi connectivity index (χ1) is 10.2. The molecule has 0 aromatic carbocycles. The molecule has 2 rings (SSSR count). The van der Waals surface area contributed by atoms with Crippen LogP contribution in [0, 0.1) is 0 Å². The zero-order valence-corrected chi connectivity index (χ0v) is 14.1. The van der Waals surface area contributed by atoms with E-state index in [1.54, 1.807) is 11.2 Å². The number of likely N-dealkylation sites (tertiary alicyclic amines) is 1. The standard InChI is InChI=1S/C15H26N4O3/c1-6-15(21-9-12-17-16-11-18(12)5)7-8-19(10-15)13(20)22-14(2,3)4/h11H,6-10H2,1-5H3. The third kappa shape index (κ3) is 3.97. The molecule has 0 N–H and O–H groups in total. The van der Waals surface area contributed by atoms with Crippen LogP contribution in [-0.2, 0) is 23.1 Å². The Bertz CT molecular complexity index is 523. The van der Waals surface area contributed by atoms with E-state index < -0.39 is 5.60 Å². The van der Waals surface area contributed by atoms with Crippen molar-refractivity contribution in [1.29, 1.82) is 0 Å². The number of carbonyl (C=O) groups is 1. The summed E-state index contributed by atoms with van der Waals surface area (Å²) in [4.78, 5) is 13.9. The maximum absolute atomic E-state index is 12.2. The number of hydrogen-bond acceptors (Lipinski definition) is 5. The first kappa shape index (κ1) is 16.7. The molecule has 1 aliphatic heterocycles. The summed E-state index contributed by atoms with van der Waals surface area (Å²) in [5.41, 5.74) is -0.809. The van der Waals surface area contributed by atoms with Crippen LogP contribution in [0.3, 0.4) is 0 Å². The molecule has 22 heavy (non-hydrogen) atoms. The van der Waals surface area contributed by atoms with Gasteiger partial charge in [0.15, 0.2) is 5.82 Å². The maximum Gasteiger partial charge on any atom is 0.410 e. The molecule has 1 aromatic heterocycles. The molecule has 0 aliphatic carbocycles. The van der Waals surface area contributed by atoms with Crippen molar-refractivity contribution in [2.45, 2.75) is 58.3 Å². The van der Waals surface area contributed by atoms with Gasteiger partial charge in [0.05, 0.1) is 12.1 Å². The summed E-state index contributed by atoms with van der Waals surface area (Å²) in [5.74, 6) is 0.781. The van der Waals surface area contributed by atoms with E-state index in [0.717, 1.165) is 18.7 Å². The second-order valence-electron chi connectivity index (χ2n) is 6.84. The highest BCUT2D eigenvalue weighted by Crippen LogP contribution is 2.30. The Morgan fingerprint density at radius 2 is 2.18 bits per heavy atom.